The number of nitrogens with one attached hydrogen (secondary N) is 1. The number of morpholine rings is 1. The van der Waals surface area contributed by atoms with E-state index in [1.54, 1.807) is 24.3 Å². The highest BCUT2D eigenvalue weighted by molar-refractivity contribution is 7.89. The number of hydrogen-bond acceptors (Lipinski definition) is 5. The molecule has 1 aliphatic heterocycles. The quantitative estimate of drug-likeness (QED) is 0.611. The minimum absolute atomic E-state index is 0.102. The molecule has 1 amide bonds. The minimum atomic E-state index is -3.65. The lowest BCUT2D eigenvalue weighted by Crippen LogP contribution is -2.40. The number of hydrogen-bond donors (Lipinski definition) is 1. The first-order valence-electron chi connectivity index (χ1n) is 9.81. The zero-order valence-corrected chi connectivity index (χ0v) is 17.4. The number of carbonyl (C=O) groups excluding carboxylic acids is 1. The Hall–Kier alpha value is -2.49. The molecule has 30 heavy (non-hydrogen) atoms. The predicted octanol–water partition coefficient (Wildman–Crippen LogP) is 2.44. The zero-order valence-electron chi connectivity index (χ0n) is 16.6. The Morgan fingerprint density at radius 3 is 2.57 bits per heavy atom. The normalized spacial score (nSPS) is 15.0. The van der Waals surface area contributed by atoms with E-state index in [1.807, 2.05) is 0 Å². The van der Waals surface area contributed by atoms with Crippen LogP contribution in [0.1, 0.15) is 23.2 Å². The lowest BCUT2D eigenvalue weighted by molar-refractivity contribution is 0.0730. The van der Waals surface area contributed by atoms with Crippen molar-refractivity contribution < 1.29 is 27.1 Å². The third-order valence-corrected chi connectivity index (χ3v) is 6.54. The van der Waals surface area contributed by atoms with Gasteiger partial charge in [-0.25, -0.2) is 12.8 Å². The van der Waals surface area contributed by atoms with Crippen LogP contribution in [-0.4, -0.2) is 58.1 Å². The van der Waals surface area contributed by atoms with Crippen LogP contribution in [0.25, 0.3) is 0 Å². The van der Waals surface area contributed by atoms with Crippen molar-refractivity contribution in [3.8, 4) is 5.75 Å². The first kappa shape index (κ1) is 22.2. The molecule has 1 fully saturated rings. The summed E-state index contributed by atoms with van der Waals surface area (Å²) in [5, 5.41) is 2.79. The van der Waals surface area contributed by atoms with E-state index in [0.29, 0.717) is 63.6 Å². The highest BCUT2D eigenvalue weighted by Gasteiger charge is 2.26. The van der Waals surface area contributed by atoms with Gasteiger partial charge < -0.3 is 14.8 Å². The number of amides is 1. The molecule has 7 nitrogen and oxygen atoms in total. The monoisotopic (exact) mass is 436 g/mol. The maximum absolute atomic E-state index is 12.8. The molecule has 0 unspecified atom stereocenters. The van der Waals surface area contributed by atoms with Crippen molar-refractivity contribution >= 4 is 15.9 Å². The summed E-state index contributed by atoms with van der Waals surface area (Å²) in [7, 11) is -3.65. The third-order valence-electron chi connectivity index (χ3n) is 4.64. The van der Waals surface area contributed by atoms with E-state index in [4.69, 9.17) is 9.47 Å². The minimum Gasteiger partial charge on any atom is -0.494 e. The molecule has 0 aromatic heterocycles. The van der Waals surface area contributed by atoms with Crippen molar-refractivity contribution in [1.82, 2.24) is 9.62 Å². The molecule has 3 rings (SSSR count). The highest BCUT2D eigenvalue weighted by atomic mass is 32.2. The molecule has 1 heterocycles. The standard InChI is InChI=1S/C21H25FN2O5S/c22-18-6-8-19(9-7-18)29-13-2-1-10-23-21(25)17-4-3-5-20(16-17)30(26,27)24-11-14-28-15-12-24/h3-9,16H,1-2,10-15H2,(H,23,25). The topological polar surface area (TPSA) is 84.9 Å². The van der Waals surface area contributed by atoms with E-state index in [1.165, 1.54) is 28.6 Å². The van der Waals surface area contributed by atoms with Gasteiger partial charge in [0, 0.05) is 25.2 Å². The molecule has 0 aliphatic carbocycles. The number of rotatable bonds is 9. The van der Waals surface area contributed by atoms with Gasteiger partial charge in [0.1, 0.15) is 11.6 Å². The number of unbranched alkanes of at least 4 members (excludes halogenated alkanes) is 1. The van der Waals surface area contributed by atoms with Crippen LogP contribution in [0.2, 0.25) is 0 Å². The first-order chi connectivity index (χ1) is 14.5. The number of benzene rings is 2. The van der Waals surface area contributed by atoms with E-state index in [9.17, 15) is 17.6 Å². The lowest BCUT2D eigenvalue weighted by Gasteiger charge is -2.26. The van der Waals surface area contributed by atoms with E-state index >= 15 is 0 Å². The number of carbonyl (C=O) groups is 1. The molecule has 0 spiro atoms. The summed E-state index contributed by atoms with van der Waals surface area (Å²) in [6, 6.07) is 11.9. The van der Waals surface area contributed by atoms with Gasteiger partial charge in [0.15, 0.2) is 0 Å². The van der Waals surface area contributed by atoms with Gasteiger partial charge in [-0.1, -0.05) is 6.07 Å². The molecule has 0 saturated carbocycles. The fourth-order valence-electron chi connectivity index (χ4n) is 2.99. The SMILES string of the molecule is O=C(NCCCCOc1ccc(F)cc1)c1cccc(S(=O)(=O)N2CCOCC2)c1. The molecule has 1 N–H and O–H groups in total. The summed E-state index contributed by atoms with van der Waals surface area (Å²) in [6.45, 7) is 2.23. The van der Waals surface area contributed by atoms with Crippen molar-refractivity contribution in [1.29, 1.82) is 0 Å². The van der Waals surface area contributed by atoms with Crippen molar-refractivity contribution in [2.75, 3.05) is 39.5 Å². The van der Waals surface area contributed by atoms with E-state index in [0.717, 1.165) is 0 Å². The number of sulfonamides is 1. The van der Waals surface area contributed by atoms with Gasteiger partial charge in [-0.05, 0) is 55.3 Å². The molecule has 0 bridgehead atoms. The average Bonchev–Trinajstić information content (AvgIpc) is 2.78. The van der Waals surface area contributed by atoms with E-state index < -0.39 is 10.0 Å². The van der Waals surface area contributed by atoms with E-state index in [-0.39, 0.29) is 16.6 Å². The van der Waals surface area contributed by atoms with Crippen molar-refractivity contribution in [2.45, 2.75) is 17.7 Å². The summed E-state index contributed by atoms with van der Waals surface area (Å²) in [6.07, 6.45) is 1.40. The molecule has 162 valence electrons. The molecule has 1 aliphatic rings. The van der Waals surface area contributed by atoms with Gasteiger partial charge in [-0.2, -0.15) is 4.31 Å². The molecule has 9 heteroatoms. The van der Waals surface area contributed by atoms with Crippen LogP contribution in [0, 0.1) is 5.82 Å². The maximum Gasteiger partial charge on any atom is 0.251 e. The Morgan fingerprint density at radius 1 is 1.10 bits per heavy atom. The maximum atomic E-state index is 12.8. The van der Waals surface area contributed by atoms with Gasteiger partial charge in [0.05, 0.1) is 24.7 Å². The molecule has 2 aromatic carbocycles. The summed E-state index contributed by atoms with van der Waals surface area (Å²) in [4.78, 5) is 12.5. The molecular formula is C21H25FN2O5S. The van der Waals surface area contributed by atoms with Gasteiger partial charge in [0.25, 0.3) is 5.91 Å². The van der Waals surface area contributed by atoms with Crippen LogP contribution in [0.15, 0.2) is 53.4 Å². The molecule has 2 aromatic rings. The lowest BCUT2D eigenvalue weighted by atomic mass is 10.2. The zero-order chi connectivity index (χ0) is 21.4. The number of nitrogens with zero attached hydrogens (tertiary/aromatic N) is 1. The van der Waals surface area contributed by atoms with Crippen LogP contribution < -0.4 is 10.1 Å². The smallest absolute Gasteiger partial charge is 0.251 e. The second kappa shape index (κ2) is 10.5. The Bertz CT molecular complexity index is 944. The van der Waals surface area contributed by atoms with Gasteiger partial charge >= 0.3 is 0 Å². The third kappa shape index (κ3) is 6.01. The average molecular weight is 437 g/mol. The largest absolute Gasteiger partial charge is 0.494 e. The first-order valence-corrected chi connectivity index (χ1v) is 11.3. The van der Waals surface area contributed by atoms with Crippen LogP contribution in [0.4, 0.5) is 4.39 Å². The summed E-state index contributed by atoms with van der Waals surface area (Å²) >= 11 is 0. The van der Waals surface area contributed by atoms with Crippen LogP contribution >= 0.6 is 0 Å². The van der Waals surface area contributed by atoms with Crippen molar-refractivity contribution in [3.05, 3.63) is 59.9 Å². The second-order valence-electron chi connectivity index (χ2n) is 6.81. The molecule has 0 radical (unpaired) electrons. The van der Waals surface area contributed by atoms with Crippen LogP contribution in [-0.2, 0) is 14.8 Å². The van der Waals surface area contributed by atoms with Gasteiger partial charge in [-0.3, -0.25) is 4.79 Å². The van der Waals surface area contributed by atoms with Gasteiger partial charge in [-0.15, -0.1) is 0 Å². The second-order valence-corrected chi connectivity index (χ2v) is 8.75. The number of halogens is 1. The van der Waals surface area contributed by atoms with E-state index in [2.05, 4.69) is 5.32 Å². The number of ether oxygens (including phenoxy) is 2. The van der Waals surface area contributed by atoms with Crippen molar-refractivity contribution in [3.63, 3.8) is 0 Å². The Balaban J connectivity index is 1.45. The highest BCUT2D eigenvalue weighted by Crippen LogP contribution is 2.18. The Morgan fingerprint density at radius 2 is 1.83 bits per heavy atom. The molecule has 0 atom stereocenters. The Kier molecular flexibility index (Phi) is 7.78. The predicted molar refractivity (Wildman–Crippen MR) is 109 cm³/mol. The summed E-state index contributed by atoms with van der Waals surface area (Å²) < 4.78 is 50.4. The van der Waals surface area contributed by atoms with Crippen molar-refractivity contribution in [2.24, 2.45) is 0 Å². The Labute approximate surface area is 175 Å². The summed E-state index contributed by atoms with van der Waals surface area (Å²) in [5.74, 6) is -0.0425. The molecular weight excluding hydrogens is 411 g/mol. The fourth-order valence-corrected chi connectivity index (χ4v) is 4.44. The van der Waals surface area contributed by atoms with Gasteiger partial charge in [0.2, 0.25) is 10.0 Å². The van der Waals surface area contributed by atoms with Crippen LogP contribution in [0.3, 0.4) is 0 Å². The van der Waals surface area contributed by atoms with Crippen LogP contribution in [0.5, 0.6) is 5.75 Å². The molecule has 1 saturated heterocycles. The summed E-state index contributed by atoms with van der Waals surface area (Å²) in [5.41, 5.74) is 0.298. The fraction of sp³-hybridized carbons (Fsp3) is 0.381.